The molecular formula is C7H10Si. The van der Waals surface area contributed by atoms with Crippen LogP contribution in [0.25, 0.3) is 0 Å². The molecule has 0 amide bonds. The van der Waals surface area contributed by atoms with Gasteiger partial charge in [0.15, 0.2) is 0 Å². The molecule has 0 aromatic heterocycles. The highest BCUT2D eigenvalue weighted by Crippen LogP contribution is 1.79. The standard InChI is InChI=1S/C7H10Si/c1-8-7-5-3-2-4-6-7/h2-6H,8H2,1H3/i8D2. The summed E-state index contributed by atoms with van der Waals surface area (Å²) < 4.78 is 15.0. The van der Waals surface area contributed by atoms with Crippen LogP contribution in [0.4, 0.5) is 0 Å². The lowest BCUT2D eigenvalue weighted by Gasteiger charge is -1.89. The molecule has 0 aliphatic heterocycles. The quantitative estimate of drug-likeness (QED) is 0.479. The normalized spacial score (nSPS) is 14.6. The molecule has 0 N–H and O–H groups in total. The Balaban J connectivity index is 2.97. The van der Waals surface area contributed by atoms with Crippen LogP contribution in [0.3, 0.4) is 0 Å². The summed E-state index contributed by atoms with van der Waals surface area (Å²) in [6, 6.07) is 9.37. The Kier molecular flexibility index (Phi) is 1.16. The molecule has 0 radical (unpaired) electrons. The monoisotopic (exact) mass is 124 g/mol. The molecule has 1 aromatic carbocycles. The van der Waals surface area contributed by atoms with Gasteiger partial charge in [0.2, 0.25) is 0 Å². The van der Waals surface area contributed by atoms with Crippen molar-refractivity contribution in [3.05, 3.63) is 30.3 Å². The zero-order valence-corrected chi connectivity index (χ0v) is 5.89. The Hall–Kier alpha value is -0.563. The van der Waals surface area contributed by atoms with Crippen molar-refractivity contribution in [3.8, 4) is 0 Å². The van der Waals surface area contributed by atoms with Gasteiger partial charge in [-0.05, 0) is 0 Å². The van der Waals surface area contributed by atoms with Crippen molar-refractivity contribution in [2.45, 2.75) is 6.55 Å². The van der Waals surface area contributed by atoms with E-state index in [1.54, 1.807) is 6.55 Å². The molecule has 0 heterocycles. The second-order valence-electron chi connectivity index (χ2n) is 1.62. The molecule has 8 heavy (non-hydrogen) atoms. The van der Waals surface area contributed by atoms with Crippen LogP contribution in [0.15, 0.2) is 30.3 Å². The van der Waals surface area contributed by atoms with E-state index in [0.29, 0.717) is 0 Å². The van der Waals surface area contributed by atoms with Crippen LogP contribution in [0.1, 0.15) is 0 Å². The lowest BCUT2D eigenvalue weighted by atomic mass is 10.4. The summed E-state index contributed by atoms with van der Waals surface area (Å²) in [4.78, 5) is 0. The zero-order valence-electron chi connectivity index (χ0n) is 6.89. The second kappa shape index (κ2) is 2.67. The second-order valence-corrected chi connectivity index (χ2v) is 2.69. The lowest BCUT2D eigenvalue weighted by Crippen LogP contribution is -2.07. The smallest absolute Gasteiger partial charge is 0.0516 e. The van der Waals surface area contributed by atoms with Crippen LogP contribution in [0, 0.1) is 0 Å². The summed E-state index contributed by atoms with van der Waals surface area (Å²) in [6.07, 6.45) is 0. The Bertz CT molecular complexity index is 203. The highest BCUT2D eigenvalue weighted by atomic mass is 28.2. The first kappa shape index (κ1) is 3.46. The summed E-state index contributed by atoms with van der Waals surface area (Å²) in [6.45, 7) is 1.70. The molecule has 0 spiro atoms. The molecule has 0 fully saturated rings. The van der Waals surface area contributed by atoms with Gasteiger partial charge in [0.1, 0.15) is 0 Å². The summed E-state index contributed by atoms with van der Waals surface area (Å²) in [5, 5.41) is 0.870. The van der Waals surface area contributed by atoms with Crippen LogP contribution in [-0.2, 0) is 0 Å². The van der Waals surface area contributed by atoms with Gasteiger partial charge in [-0.2, -0.15) is 0 Å². The fourth-order valence-corrected chi connectivity index (χ4v) is 1.13. The minimum Gasteiger partial charge on any atom is -0.0708 e. The largest absolute Gasteiger partial charge is 0.0708 e. The molecule has 0 bridgehead atoms. The fourth-order valence-electron chi connectivity index (χ4n) is 0.605. The van der Waals surface area contributed by atoms with E-state index in [2.05, 4.69) is 0 Å². The molecule has 0 atom stereocenters. The van der Waals surface area contributed by atoms with Crippen molar-refractivity contribution in [2.24, 2.45) is 0 Å². The predicted molar refractivity (Wildman–Crippen MR) is 40.5 cm³/mol. The van der Waals surface area contributed by atoms with Crippen molar-refractivity contribution in [1.82, 2.24) is 0 Å². The van der Waals surface area contributed by atoms with Gasteiger partial charge in [-0.25, -0.2) is 0 Å². The van der Waals surface area contributed by atoms with Crippen LogP contribution >= 0.6 is 0 Å². The SMILES string of the molecule is [2H][Si]([2H])(C)c1ccccc1. The summed E-state index contributed by atoms with van der Waals surface area (Å²) in [5.41, 5.74) is 0. The summed E-state index contributed by atoms with van der Waals surface area (Å²) in [5.74, 6) is 0. The van der Waals surface area contributed by atoms with Gasteiger partial charge < -0.3 is 0 Å². The van der Waals surface area contributed by atoms with Crippen LogP contribution < -0.4 is 5.19 Å². The minimum atomic E-state index is -2.53. The number of benzene rings is 1. The van der Waals surface area contributed by atoms with Gasteiger partial charge in [0.25, 0.3) is 0 Å². The van der Waals surface area contributed by atoms with E-state index in [0.717, 1.165) is 5.19 Å². The van der Waals surface area contributed by atoms with Crippen molar-refractivity contribution in [3.63, 3.8) is 0 Å². The van der Waals surface area contributed by atoms with Crippen molar-refractivity contribution in [1.29, 1.82) is 2.47 Å². The Morgan fingerprint density at radius 3 is 2.38 bits per heavy atom. The van der Waals surface area contributed by atoms with E-state index >= 15 is 0 Å². The van der Waals surface area contributed by atoms with Crippen molar-refractivity contribution in [2.75, 3.05) is 0 Å². The van der Waals surface area contributed by atoms with Crippen LogP contribution in [0.2, 0.25) is 6.55 Å². The van der Waals surface area contributed by atoms with E-state index in [1.165, 1.54) is 0 Å². The average molecular weight is 124 g/mol. The number of hydrogen-bond acceptors (Lipinski definition) is 0. The third kappa shape index (κ3) is 1.20. The maximum absolute atomic E-state index is 7.48. The van der Waals surface area contributed by atoms with Gasteiger partial charge in [-0.15, -0.1) is 0 Å². The van der Waals surface area contributed by atoms with Gasteiger partial charge in [0, 0.05) is 2.47 Å². The molecule has 0 saturated carbocycles. The summed E-state index contributed by atoms with van der Waals surface area (Å²) >= 11 is 0. The zero-order chi connectivity index (χ0) is 7.61. The Morgan fingerprint density at radius 1 is 1.38 bits per heavy atom. The number of rotatable bonds is 1. The van der Waals surface area contributed by atoms with Crippen molar-refractivity contribution < 1.29 is 0 Å². The molecule has 1 rings (SSSR count). The topological polar surface area (TPSA) is 0 Å². The van der Waals surface area contributed by atoms with E-state index in [-0.39, 0.29) is 0 Å². The van der Waals surface area contributed by atoms with E-state index < -0.39 is 9.38 Å². The third-order valence-electron chi connectivity index (χ3n) is 1.06. The van der Waals surface area contributed by atoms with Crippen LogP contribution in [0.5, 0.6) is 0 Å². The average Bonchev–Trinajstić information content (AvgIpc) is 1.88. The van der Waals surface area contributed by atoms with Gasteiger partial charge in [-0.1, -0.05) is 42.1 Å². The summed E-state index contributed by atoms with van der Waals surface area (Å²) in [7, 11) is -2.53. The van der Waals surface area contributed by atoms with Crippen molar-refractivity contribution >= 4 is 14.6 Å². The Labute approximate surface area is 54.8 Å². The highest BCUT2D eigenvalue weighted by Gasteiger charge is 1.80. The molecule has 0 unspecified atom stereocenters. The molecule has 0 aliphatic rings. The van der Waals surface area contributed by atoms with Crippen LogP contribution in [-0.4, -0.2) is 11.9 Å². The third-order valence-corrected chi connectivity index (χ3v) is 1.97. The highest BCUT2D eigenvalue weighted by molar-refractivity contribution is 6.51. The maximum Gasteiger partial charge on any atom is 0.0516 e. The first-order valence-corrected chi connectivity index (χ1v) is 4.16. The molecule has 1 heteroatoms. The predicted octanol–water partition coefficient (Wildman–Crippen LogP) is 0.529. The molecular weight excluding hydrogens is 112 g/mol. The van der Waals surface area contributed by atoms with E-state index in [1.807, 2.05) is 30.3 Å². The minimum absolute atomic E-state index is 0.870. The Morgan fingerprint density at radius 2 is 2.00 bits per heavy atom. The van der Waals surface area contributed by atoms with E-state index in [4.69, 9.17) is 2.47 Å². The number of hydrogen-bond donors (Lipinski definition) is 0. The van der Waals surface area contributed by atoms with E-state index in [9.17, 15) is 0 Å². The lowest BCUT2D eigenvalue weighted by molar-refractivity contribution is 1.77. The van der Waals surface area contributed by atoms with Gasteiger partial charge in [0.05, 0.1) is 9.38 Å². The first-order chi connectivity index (χ1) is 4.61. The van der Waals surface area contributed by atoms with Gasteiger partial charge in [-0.3, -0.25) is 0 Å². The fraction of sp³-hybridized carbons (Fsp3) is 0.143. The van der Waals surface area contributed by atoms with Gasteiger partial charge >= 0.3 is 0 Å². The maximum atomic E-state index is 7.48. The molecule has 0 nitrogen and oxygen atoms in total. The molecule has 0 aliphatic carbocycles. The first-order valence-electron chi connectivity index (χ1n) is 3.66. The molecule has 0 saturated heterocycles. The molecule has 1 aromatic rings. The molecule has 42 valence electrons.